The molecule has 2 aromatic heterocycles. The first-order chi connectivity index (χ1) is 7.13. The highest BCUT2D eigenvalue weighted by atomic mass is 35.5. The Hall–Kier alpha value is -0.800. The number of hydrogen-bond donors (Lipinski definition) is 0. The molecule has 1 unspecified atom stereocenters. The molecule has 2 rings (SSSR count). The Balaban J connectivity index is 2.73. The molecule has 0 N–H and O–H groups in total. The maximum Gasteiger partial charge on any atom is 0.160 e. The van der Waals surface area contributed by atoms with Gasteiger partial charge in [0.15, 0.2) is 5.65 Å². The fourth-order valence-electron chi connectivity index (χ4n) is 1.62. The van der Waals surface area contributed by atoms with Gasteiger partial charge in [-0.1, -0.05) is 11.6 Å². The van der Waals surface area contributed by atoms with E-state index in [-0.39, 0.29) is 5.38 Å². The number of fused-ring (bicyclic) bond motifs is 1. The number of imidazole rings is 1. The minimum atomic E-state index is -0.127. The third-order valence-corrected chi connectivity index (χ3v) is 2.65. The van der Waals surface area contributed by atoms with Gasteiger partial charge in [-0.05, 0) is 19.9 Å². The Bertz CT molecular complexity index is 491. The van der Waals surface area contributed by atoms with Gasteiger partial charge in [0.05, 0.1) is 10.4 Å². The molecule has 0 aromatic carbocycles. The van der Waals surface area contributed by atoms with Gasteiger partial charge in [-0.3, -0.25) is 0 Å². The van der Waals surface area contributed by atoms with Crippen molar-refractivity contribution < 1.29 is 0 Å². The van der Waals surface area contributed by atoms with Gasteiger partial charge < -0.3 is 4.57 Å². The van der Waals surface area contributed by atoms with E-state index in [9.17, 15) is 0 Å². The van der Waals surface area contributed by atoms with E-state index < -0.39 is 0 Å². The highest BCUT2D eigenvalue weighted by molar-refractivity contribution is 6.31. The van der Waals surface area contributed by atoms with Crippen LogP contribution < -0.4 is 0 Å². The van der Waals surface area contributed by atoms with Crippen LogP contribution in [-0.4, -0.2) is 14.5 Å². The molecule has 0 saturated carbocycles. The first kappa shape index (κ1) is 10.7. The van der Waals surface area contributed by atoms with Crippen molar-refractivity contribution in [2.45, 2.75) is 25.8 Å². The average Bonchev–Trinajstić information content (AvgIpc) is 2.55. The van der Waals surface area contributed by atoms with Gasteiger partial charge in [-0.2, -0.15) is 0 Å². The zero-order valence-electron chi connectivity index (χ0n) is 8.54. The molecule has 80 valence electrons. The van der Waals surface area contributed by atoms with Crippen LogP contribution in [0.2, 0.25) is 5.02 Å². The lowest BCUT2D eigenvalue weighted by atomic mass is 10.4. The molecule has 0 amide bonds. The number of nitrogens with zero attached hydrogens (tertiary/aromatic N) is 3. The van der Waals surface area contributed by atoms with Gasteiger partial charge in [0.2, 0.25) is 0 Å². The number of aromatic nitrogens is 3. The Morgan fingerprint density at radius 3 is 2.87 bits per heavy atom. The molecule has 0 bridgehead atoms. The van der Waals surface area contributed by atoms with E-state index in [0.717, 1.165) is 23.5 Å². The summed E-state index contributed by atoms with van der Waals surface area (Å²) >= 11 is 11.9. The van der Waals surface area contributed by atoms with E-state index in [1.54, 1.807) is 12.3 Å². The summed E-state index contributed by atoms with van der Waals surface area (Å²) in [5.74, 6) is 0.837. The summed E-state index contributed by atoms with van der Waals surface area (Å²) in [7, 11) is 0. The predicted molar refractivity (Wildman–Crippen MR) is 62.5 cm³/mol. The maximum absolute atomic E-state index is 6.05. The average molecular weight is 244 g/mol. The highest BCUT2D eigenvalue weighted by Crippen LogP contribution is 2.24. The highest BCUT2D eigenvalue weighted by Gasteiger charge is 2.14. The van der Waals surface area contributed by atoms with Crippen molar-refractivity contribution in [1.82, 2.24) is 14.5 Å². The molecule has 0 aliphatic carbocycles. The summed E-state index contributed by atoms with van der Waals surface area (Å²) in [6.45, 7) is 4.74. The van der Waals surface area contributed by atoms with E-state index in [1.165, 1.54) is 0 Å². The molecule has 2 aromatic rings. The van der Waals surface area contributed by atoms with Crippen LogP contribution >= 0.6 is 23.2 Å². The van der Waals surface area contributed by atoms with Crippen molar-refractivity contribution in [3.63, 3.8) is 0 Å². The molecule has 0 fully saturated rings. The monoisotopic (exact) mass is 243 g/mol. The van der Waals surface area contributed by atoms with Crippen molar-refractivity contribution in [3.8, 4) is 0 Å². The number of pyridine rings is 1. The number of halogens is 2. The number of rotatable bonds is 2. The number of aryl methyl sites for hydroxylation is 1. The van der Waals surface area contributed by atoms with Crippen LogP contribution in [0.25, 0.3) is 11.2 Å². The fraction of sp³-hybridized carbons (Fsp3) is 0.400. The van der Waals surface area contributed by atoms with Crippen LogP contribution in [0.3, 0.4) is 0 Å². The summed E-state index contributed by atoms with van der Waals surface area (Å²) in [4.78, 5) is 8.69. The summed E-state index contributed by atoms with van der Waals surface area (Å²) in [5.41, 5.74) is 1.64. The van der Waals surface area contributed by atoms with Crippen LogP contribution in [0.4, 0.5) is 0 Å². The second kappa shape index (κ2) is 3.99. The molecule has 2 heterocycles. The van der Waals surface area contributed by atoms with Gasteiger partial charge >= 0.3 is 0 Å². The first-order valence-corrected chi connectivity index (χ1v) is 5.60. The van der Waals surface area contributed by atoms with Crippen LogP contribution in [-0.2, 0) is 6.54 Å². The lowest BCUT2D eigenvalue weighted by molar-refractivity contribution is 0.711. The SMILES string of the molecule is CCn1c(C(C)Cl)nc2cc(Cl)cnc21. The van der Waals surface area contributed by atoms with E-state index >= 15 is 0 Å². The third kappa shape index (κ3) is 1.82. The molecule has 0 spiro atoms. The summed E-state index contributed by atoms with van der Waals surface area (Å²) in [6.07, 6.45) is 1.63. The molecule has 3 nitrogen and oxygen atoms in total. The van der Waals surface area contributed by atoms with Crippen molar-refractivity contribution in [2.24, 2.45) is 0 Å². The molecule has 5 heteroatoms. The summed E-state index contributed by atoms with van der Waals surface area (Å²) in [5, 5.41) is 0.468. The standard InChI is InChI=1S/C10H11Cl2N3/c1-3-15-9(6(2)11)14-8-4-7(12)5-13-10(8)15/h4-6H,3H2,1-2H3. The lowest BCUT2D eigenvalue weighted by Gasteiger charge is -2.05. The zero-order chi connectivity index (χ0) is 11.0. The lowest BCUT2D eigenvalue weighted by Crippen LogP contribution is -2.02. The van der Waals surface area contributed by atoms with Gasteiger partial charge in [0.25, 0.3) is 0 Å². The topological polar surface area (TPSA) is 30.7 Å². The summed E-state index contributed by atoms with van der Waals surface area (Å²) < 4.78 is 2.00. The number of hydrogen-bond acceptors (Lipinski definition) is 2. The van der Waals surface area contributed by atoms with Crippen molar-refractivity contribution in [2.75, 3.05) is 0 Å². The largest absolute Gasteiger partial charge is 0.312 e. The normalized spacial score (nSPS) is 13.3. The zero-order valence-corrected chi connectivity index (χ0v) is 10.0. The quantitative estimate of drug-likeness (QED) is 0.758. The second-order valence-corrected chi connectivity index (χ2v) is 4.42. The number of alkyl halides is 1. The van der Waals surface area contributed by atoms with Gasteiger partial charge in [0.1, 0.15) is 11.3 Å². The molecule has 0 aliphatic rings. The van der Waals surface area contributed by atoms with Crippen molar-refractivity contribution >= 4 is 34.4 Å². The second-order valence-electron chi connectivity index (χ2n) is 3.33. The van der Waals surface area contributed by atoms with E-state index in [1.807, 2.05) is 18.4 Å². The minimum Gasteiger partial charge on any atom is -0.312 e. The maximum atomic E-state index is 6.05. The Kier molecular flexibility index (Phi) is 2.85. The molecule has 1 atom stereocenters. The van der Waals surface area contributed by atoms with Crippen LogP contribution in [0.15, 0.2) is 12.3 Å². The molecular formula is C10H11Cl2N3. The molecule has 0 saturated heterocycles. The van der Waals surface area contributed by atoms with E-state index in [4.69, 9.17) is 23.2 Å². The fourth-order valence-corrected chi connectivity index (χ4v) is 1.94. The smallest absolute Gasteiger partial charge is 0.160 e. The van der Waals surface area contributed by atoms with Crippen LogP contribution in [0.5, 0.6) is 0 Å². The molecule has 15 heavy (non-hydrogen) atoms. The minimum absolute atomic E-state index is 0.127. The van der Waals surface area contributed by atoms with Crippen molar-refractivity contribution in [1.29, 1.82) is 0 Å². The van der Waals surface area contributed by atoms with Gasteiger partial charge in [0, 0.05) is 12.7 Å². The summed E-state index contributed by atoms with van der Waals surface area (Å²) in [6, 6.07) is 1.80. The Labute approximate surface area is 98.0 Å². The van der Waals surface area contributed by atoms with Crippen LogP contribution in [0.1, 0.15) is 25.0 Å². The molecular weight excluding hydrogens is 233 g/mol. The van der Waals surface area contributed by atoms with Gasteiger partial charge in [-0.15, -0.1) is 11.6 Å². The molecule has 0 radical (unpaired) electrons. The van der Waals surface area contributed by atoms with Gasteiger partial charge in [-0.25, -0.2) is 9.97 Å². The van der Waals surface area contributed by atoms with E-state index in [0.29, 0.717) is 5.02 Å². The Morgan fingerprint density at radius 2 is 2.27 bits per heavy atom. The first-order valence-electron chi connectivity index (χ1n) is 4.79. The third-order valence-electron chi connectivity index (χ3n) is 2.25. The van der Waals surface area contributed by atoms with Crippen LogP contribution in [0, 0.1) is 0 Å². The van der Waals surface area contributed by atoms with E-state index in [2.05, 4.69) is 9.97 Å². The predicted octanol–water partition coefficient (Wildman–Crippen LogP) is 3.40. The molecule has 0 aliphatic heterocycles. The van der Waals surface area contributed by atoms with Crippen molar-refractivity contribution in [3.05, 3.63) is 23.1 Å². The Morgan fingerprint density at radius 1 is 1.53 bits per heavy atom.